The average Bonchev–Trinajstić information content (AvgIpc) is 2.40. The summed E-state index contributed by atoms with van der Waals surface area (Å²) in [5.74, 6) is -2.19. The second kappa shape index (κ2) is 6.76. The summed E-state index contributed by atoms with van der Waals surface area (Å²) < 4.78 is 4.80. The molecule has 2 atom stereocenters. The van der Waals surface area contributed by atoms with Crippen LogP contribution in [0.25, 0.3) is 0 Å². The van der Waals surface area contributed by atoms with Crippen molar-refractivity contribution in [2.24, 2.45) is 5.73 Å². The molecule has 0 aliphatic carbocycles. The zero-order valence-electron chi connectivity index (χ0n) is 11.3. The molecule has 0 aromatic rings. The van der Waals surface area contributed by atoms with Crippen molar-refractivity contribution >= 4 is 30.5 Å². The first-order valence-corrected chi connectivity index (χ1v) is 6.76. The van der Waals surface area contributed by atoms with E-state index in [1.807, 2.05) is 6.92 Å². The molecule has 0 bridgehead atoms. The summed E-state index contributed by atoms with van der Waals surface area (Å²) in [4.78, 5) is 35.2. The molecule has 1 saturated heterocycles. The minimum Gasteiger partial charge on any atom is -0.477 e. The quantitative estimate of drug-likeness (QED) is 0.270. The second-order valence-electron chi connectivity index (χ2n) is 4.41. The second-order valence-corrected chi connectivity index (χ2v) is 4.72. The van der Waals surface area contributed by atoms with Crippen LogP contribution in [0.2, 0.25) is 0 Å². The first-order valence-electron chi connectivity index (χ1n) is 6.13. The number of aliphatic carboxylic acids is 1. The van der Waals surface area contributed by atoms with E-state index in [4.69, 9.17) is 10.5 Å². The number of hydrogen-bond donors (Lipinski definition) is 3. The van der Waals surface area contributed by atoms with Crippen LogP contribution in [-0.2, 0) is 19.1 Å². The van der Waals surface area contributed by atoms with Crippen molar-refractivity contribution in [2.45, 2.75) is 32.4 Å². The smallest absolute Gasteiger partial charge is 0.352 e. The van der Waals surface area contributed by atoms with Gasteiger partial charge in [0, 0.05) is 18.2 Å². The highest BCUT2D eigenvalue weighted by Gasteiger charge is 2.47. The number of carboxylic acid groups (broad SMARTS) is 1. The highest BCUT2D eigenvalue weighted by atomic mass is 32.1. The van der Waals surface area contributed by atoms with Crippen LogP contribution in [0.1, 0.15) is 20.3 Å². The number of nitrogens with zero attached hydrogens (tertiary/aromatic N) is 1. The minimum atomic E-state index is -1.26. The molecule has 1 aliphatic rings. The maximum atomic E-state index is 11.8. The molecule has 112 valence electrons. The zero-order valence-corrected chi connectivity index (χ0v) is 12.2. The molecule has 1 aliphatic heterocycles. The Balaban J connectivity index is 3.11. The predicted molar refractivity (Wildman–Crippen MR) is 74.0 cm³/mol. The van der Waals surface area contributed by atoms with Gasteiger partial charge in [0.15, 0.2) is 0 Å². The fourth-order valence-electron chi connectivity index (χ4n) is 2.08. The van der Waals surface area contributed by atoms with Gasteiger partial charge in [0.05, 0.1) is 6.04 Å². The van der Waals surface area contributed by atoms with Gasteiger partial charge in [0.2, 0.25) is 5.91 Å². The summed E-state index contributed by atoms with van der Waals surface area (Å²) in [5.41, 5.74) is 5.72. The lowest BCUT2D eigenvalue weighted by Crippen LogP contribution is -2.68. The number of thiol groups is 1. The van der Waals surface area contributed by atoms with E-state index < -0.39 is 23.9 Å². The van der Waals surface area contributed by atoms with Gasteiger partial charge in [-0.2, -0.15) is 12.6 Å². The Morgan fingerprint density at radius 2 is 2.10 bits per heavy atom. The van der Waals surface area contributed by atoms with Crippen LogP contribution < -0.4 is 5.73 Å². The molecule has 1 unspecified atom stereocenters. The van der Waals surface area contributed by atoms with E-state index in [0.29, 0.717) is 6.42 Å². The Morgan fingerprint density at radius 3 is 2.50 bits per heavy atom. The molecule has 1 amide bonds. The molecule has 0 aromatic heterocycles. The molecule has 0 aromatic carbocycles. The number of ether oxygens (including phenoxy) is 1. The van der Waals surface area contributed by atoms with Crippen molar-refractivity contribution in [3.05, 3.63) is 11.3 Å². The van der Waals surface area contributed by atoms with E-state index in [9.17, 15) is 19.5 Å². The maximum Gasteiger partial charge on any atom is 0.352 e. The zero-order chi connectivity index (χ0) is 15.4. The molecule has 0 saturated carbocycles. The topological polar surface area (TPSA) is 110 Å². The van der Waals surface area contributed by atoms with E-state index in [1.54, 1.807) is 0 Å². The lowest BCUT2D eigenvalue weighted by atomic mass is 9.91. The van der Waals surface area contributed by atoms with Gasteiger partial charge in [0.25, 0.3) is 0 Å². The number of carbonyl (C=O) groups excluding carboxylic acids is 2. The molecule has 1 fully saturated rings. The molecule has 1 heterocycles. The summed E-state index contributed by atoms with van der Waals surface area (Å²) in [7, 11) is 0. The molecule has 0 spiro atoms. The van der Waals surface area contributed by atoms with Crippen molar-refractivity contribution in [2.75, 3.05) is 12.4 Å². The Morgan fingerprint density at radius 1 is 1.50 bits per heavy atom. The summed E-state index contributed by atoms with van der Waals surface area (Å²) in [6.07, 6.45) is 0.539. The molecule has 7 nitrogen and oxygen atoms in total. The number of β-lactam (4-membered cyclic amide) rings is 1. The molecular weight excluding hydrogens is 284 g/mol. The van der Waals surface area contributed by atoms with Gasteiger partial charge in [-0.1, -0.05) is 6.92 Å². The van der Waals surface area contributed by atoms with Gasteiger partial charge in [-0.05, 0) is 6.42 Å². The summed E-state index contributed by atoms with van der Waals surface area (Å²) in [6, 6.07) is -1.05. The SMILES string of the molecule is CCC1[C@H](N)C(=O)N1/C(C(=O)O)=C(\CS)COC(C)=O. The van der Waals surface area contributed by atoms with Crippen LogP contribution >= 0.6 is 12.6 Å². The third-order valence-corrected chi connectivity index (χ3v) is 3.49. The summed E-state index contributed by atoms with van der Waals surface area (Å²) in [5, 5.41) is 9.33. The average molecular weight is 302 g/mol. The van der Waals surface area contributed by atoms with E-state index >= 15 is 0 Å². The van der Waals surface area contributed by atoms with Crippen LogP contribution in [0.4, 0.5) is 0 Å². The number of amides is 1. The summed E-state index contributed by atoms with van der Waals surface area (Å²) in [6.45, 7) is 2.82. The normalized spacial score (nSPS) is 23.0. The number of likely N-dealkylation sites (tertiary alicyclic amines) is 1. The Bertz CT molecular complexity index is 463. The fourth-order valence-corrected chi connectivity index (χ4v) is 2.32. The molecule has 1 rings (SSSR count). The van der Waals surface area contributed by atoms with E-state index in [1.165, 1.54) is 6.92 Å². The largest absolute Gasteiger partial charge is 0.477 e. The molecule has 20 heavy (non-hydrogen) atoms. The number of rotatable bonds is 6. The highest BCUT2D eigenvalue weighted by molar-refractivity contribution is 7.80. The van der Waals surface area contributed by atoms with Gasteiger partial charge >= 0.3 is 11.9 Å². The lowest BCUT2D eigenvalue weighted by molar-refractivity contribution is -0.151. The van der Waals surface area contributed by atoms with Crippen molar-refractivity contribution in [1.29, 1.82) is 0 Å². The first-order chi connectivity index (χ1) is 9.34. The Labute approximate surface area is 122 Å². The Kier molecular flexibility index (Phi) is 5.58. The maximum absolute atomic E-state index is 11.8. The molecule has 3 N–H and O–H groups in total. The number of hydrogen-bond acceptors (Lipinski definition) is 6. The third-order valence-electron chi connectivity index (χ3n) is 3.11. The standard InChI is InChI=1S/C12H18N2O5S/c1-3-8-9(13)11(16)14(8)10(12(17)18)7(5-20)4-19-6(2)15/h8-9,20H,3-5,13H2,1-2H3,(H,17,18)/b10-7-/t8?,9-/m0/s1. The van der Waals surface area contributed by atoms with E-state index in [2.05, 4.69) is 12.6 Å². The Hall–Kier alpha value is -1.54. The van der Waals surface area contributed by atoms with Gasteiger partial charge in [-0.15, -0.1) is 0 Å². The van der Waals surface area contributed by atoms with Gasteiger partial charge in [-0.3, -0.25) is 14.5 Å². The molecule has 8 heteroatoms. The van der Waals surface area contributed by atoms with Crippen LogP contribution in [0.15, 0.2) is 11.3 Å². The molecular formula is C12H18N2O5S. The minimum absolute atomic E-state index is 0.0599. The van der Waals surface area contributed by atoms with Crippen LogP contribution in [-0.4, -0.2) is 52.3 Å². The van der Waals surface area contributed by atoms with Crippen molar-refractivity contribution in [1.82, 2.24) is 4.90 Å². The fraction of sp³-hybridized carbons (Fsp3) is 0.583. The monoisotopic (exact) mass is 302 g/mol. The van der Waals surface area contributed by atoms with Crippen LogP contribution in [0.5, 0.6) is 0 Å². The van der Waals surface area contributed by atoms with E-state index in [0.717, 1.165) is 4.90 Å². The number of esters is 1. The van der Waals surface area contributed by atoms with Crippen LogP contribution in [0, 0.1) is 0 Å². The van der Waals surface area contributed by atoms with Crippen LogP contribution in [0.3, 0.4) is 0 Å². The third kappa shape index (κ3) is 3.13. The van der Waals surface area contributed by atoms with Gasteiger partial charge in [-0.25, -0.2) is 4.79 Å². The van der Waals surface area contributed by atoms with Crippen molar-refractivity contribution in [3.63, 3.8) is 0 Å². The van der Waals surface area contributed by atoms with Gasteiger partial charge in [0.1, 0.15) is 18.3 Å². The summed E-state index contributed by atoms with van der Waals surface area (Å²) >= 11 is 4.04. The first kappa shape index (κ1) is 16.5. The van der Waals surface area contributed by atoms with E-state index in [-0.39, 0.29) is 29.7 Å². The lowest BCUT2D eigenvalue weighted by Gasteiger charge is -2.45. The highest BCUT2D eigenvalue weighted by Crippen LogP contribution is 2.28. The number of nitrogens with two attached hydrogens (primary N) is 1. The molecule has 0 radical (unpaired) electrons. The predicted octanol–water partition coefficient (Wildman–Crippen LogP) is -0.234. The number of carbonyl (C=O) groups is 3. The van der Waals surface area contributed by atoms with Crippen molar-refractivity contribution < 1.29 is 24.2 Å². The number of carboxylic acids is 1. The van der Waals surface area contributed by atoms with Gasteiger partial charge < -0.3 is 15.6 Å². The van der Waals surface area contributed by atoms with Crippen molar-refractivity contribution in [3.8, 4) is 0 Å².